The minimum Gasteiger partial charge on any atom is -0.466 e. The van der Waals surface area contributed by atoms with E-state index in [0.717, 1.165) is 19.4 Å². The predicted octanol–water partition coefficient (Wildman–Crippen LogP) is 1.34. The highest BCUT2D eigenvalue weighted by Gasteiger charge is 2.53. The zero-order valence-corrected chi connectivity index (χ0v) is 9.99. The van der Waals surface area contributed by atoms with E-state index in [1.54, 1.807) is 0 Å². The monoisotopic (exact) mass is 225 g/mol. The highest BCUT2D eigenvalue weighted by molar-refractivity contribution is 5.85. The molecule has 4 nitrogen and oxygen atoms in total. The quantitative estimate of drug-likeness (QED) is 0.666. The van der Waals surface area contributed by atoms with Gasteiger partial charge in [-0.2, -0.15) is 0 Å². The second kappa shape index (κ2) is 4.07. The Balaban J connectivity index is 2.25. The lowest BCUT2D eigenvalue weighted by molar-refractivity contribution is -0.172. The molecule has 0 aliphatic carbocycles. The number of esters is 1. The van der Waals surface area contributed by atoms with Crippen LogP contribution in [0.4, 0.5) is 0 Å². The summed E-state index contributed by atoms with van der Waals surface area (Å²) in [4.78, 5) is 25.7. The second-order valence-electron chi connectivity index (χ2n) is 4.74. The average molecular weight is 225 g/mol. The summed E-state index contributed by atoms with van der Waals surface area (Å²) in [6, 6.07) is 0.00144. The zero-order valence-electron chi connectivity index (χ0n) is 9.99. The van der Waals surface area contributed by atoms with Crippen molar-refractivity contribution in [3.05, 3.63) is 0 Å². The first-order chi connectivity index (χ1) is 7.62. The van der Waals surface area contributed by atoms with Gasteiger partial charge >= 0.3 is 5.97 Å². The van der Waals surface area contributed by atoms with E-state index in [0.29, 0.717) is 19.4 Å². The Morgan fingerprint density at radius 1 is 1.56 bits per heavy atom. The summed E-state index contributed by atoms with van der Waals surface area (Å²) in [5, 5.41) is 0. The third-order valence-corrected chi connectivity index (χ3v) is 4.08. The largest absolute Gasteiger partial charge is 0.466 e. The van der Waals surface area contributed by atoms with Crippen LogP contribution in [0.2, 0.25) is 0 Å². The average Bonchev–Trinajstić information content (AvgIpc) is 2.25. The van der Waals surface area contributed by atoms with Crippen molar-refractivity contribution in [1.82, 2.24) is 4.90 Å². The van der Waals surface area contributed by atoms with Crippen molar-refractivity contribution in [2.45, 2.75) is 45.6 Å². The highest BCUT2D eigenvalue weighted by atomic mass is 16.5. The number of carbonyl (C=O) groups is 2. The molecule has 1 amide bonds. The van der Waals surface area contributed by atoms with E-state index >= 15 is 0 Å². The van der Waals surface area contributed by atoms with Crippen LogP contribution in [0.25, 0.3) is 0 Å². The number of piperidine rings is 2. The molecule has 2 rings (SSSR count). The van der Waals surface area contributed by atoms with E-state index < -0.39 is 5.41 Å². The van der Waals surface area contributed by atoms with E-state index in [9.17, 15) is 9.59 Å². The van der Waals surface area contributed by atoms with E-state index in [4.69, 9.17) is 4.74 Å². The lowest BCUT2D eigenvalue weighted by atomic mass is 9.68. The molecule has 0 aromatic heterocycles. The summed E-state index contributed by atoms with van der Waals surface area (Å²) < 4.78 is 5.19. The molecule has 2 aliphatic heterocycles. The third kappa shape index (κ3) is 1.51. The van der Waals surface area contributed by atoms with Crippen LogP contribution in [0.1, 0.15) is 39.5 Å². The number of rotatable bonds is 2. The van der Waals surface area contributed by atoms with Crippen molar-refractivity contribution in [3.8, 4) is 0 Å². The summed E-state index contributed by atoms with van der Waals surface area (Å²) in [6.45, 7) is 5.02. The Kier molecular flexibility index (Phi) is 2.91. The van der Waals surface area contributed by atoms with Gasteiger partial charge in [-0.1, -0.05) is 0 Å². The van der Waals surface area contributed by atoms with Crippen molar-refractivity contribution >= 4 is 11.9 Å². The number of ether oxygens (including phenoxy) is 1. The maximum Gasteiger partial charge on any atom is 0.314 e. The standard InChI is InChI=1S/C12H19NO3/c1-3-16-11(15)12-6-4-8-13(9(12)2)10(14)5-7-12/h9H,3-8H2,1-2H3. The Morgan fingerprint density at radius 2 is 2.31 bits per heavy atom. The summed E-state index contributed by atoms with van der Waals surface area (Å²) in [5.41, 5.74) is -0.428. The summed E-state index contributed by atoms with van der Waals surface area (Å²) in [5.74, 6) is 0.0758. The Labute approximate surface area is 95.9 Å². The van der Waals surface area contributed by atoms with E-state index in [-0.39, 0.29) is 17.9 Å². The molecule has 0 saturated carbocycles. The number of carbonyl (C=O) groups excluding carboxylic acids is 2. The molecule has 90 valence electrons. The Bertz CT molecular complexity index is 315. The molecule has 0 spiro atoms. The smallest absolute Gasteiger partial charge is 0.314 e. The molecule has 0 radical (unpaired) electrons. The van der Waals surface area contributed by atoms with Crippen LogP contribution >= 0.6 is 0 Å². The minimum absolute atomic E-state index is 0.00144. The fraction of sp³-hybridized carbons (Fsp3) is 0.833. The van der Waals surface area contributed by atoms with Crippen molar-refractivity contribution < 1.29 is 14.3 Å². The number of fused-ring (bicyclic) bond motifs is 2. The van der Waals surface area contributed by atoms with Gasteiger partial charge in [-0.3, -0.25) is 9.59 Å². The molecular formula is C12H19NO3. The molecule has 2 fully saturated rings. The van der Waals surface area contributed by atoms with Crippen molar-refractivity contribution in [2.24, 2.45) is 5.41 Å². The topological polar surface area (TPSA) is 46.6 Å². The Morgan fingerprint density at radius 3 is 3.00 bits per heavy atom. The number of amides is 1. The maximum atomic E-state index is 12.1. The van der Waals surface area contributed by atoms with Crippen LogP contribution in [0.3, 0.4) is 0 Å². The van der Waals surface area contributed by atoms with E-state index in [2.05, 4.69) is 0 Å². The van der Waals surface area contributed by atoms with E-state index in [1.807, 2.05) is 18.7 Å². The van der Waals surface area contributed by atoms with Crippen molar-refractivity contribution in [2.75, 3.05) is 13.2 Å². The van der Waals surface area contributed by atoms with Gasteiger partial charge in [0.1, 0.15) is 0 Å². The minimum atomic E-state index is -0.428. The Hall–Kier alpha value is -1.06. The van der Waals surface area contributed by atoms with Gasteiger partial charge in [-0.15, -0.1) is 0 Å². The van der Waals surface area contributed by atoms with Gasteiger partial charge in [0.25, 0.3) is 0 Å². The summed E-state index contributed by atoms with van der Waals surface area (Å²) in [7, 11) is 0. The lowest BCUT2D eigenvalue weighted by Gasteiger charge is -2.50. The molecule has 4 heteroatoms. The van der Waals surface area contributed by atoms with E-state index in [1.165, 1.54) is 0 Å². The molecule has 2 bridgehead atoms. The number of nitrogens with zero attached hydrogens (tertiary/aromatic N) is 1. The maximum absolute atomic E-state index is 12.1. The van der Waals surface area contributed by atoms with Crippen LogP contribution in [-0.4, -0.2) is 36.0 Å². The summed E-state index contributed by atoms with van der Waals surface area (Å²) >= 11 is 0. The first-order valence-electron chi connectivity index (χ1n) is 6.08. The molecule has 2 saturated heterocycles. The molecule has 16 heavy (non-hydrogen) atoms. The molecule has 2 atom stereocenters. The van der Waals surface area contributed by atoms with Crippen LogP contribution in [0.15, 0.2) is 0 Å². The van der Waals surface area contributed by atoms with Crippen LogP contribution < -0.4 is 0 Å². The second-order valence-corrected chi connectivity index (χ2v) is 4.74. The van der Waals surface area contributed by atoms with Gasteiger partial charge in [0.2, 0.25) is 5.91 Å². The molecule has 0 aromatic rings. The first-order valence-corrected chi connectivity index (χ1v) is 6.08. The van der Waals surface area contributed by atoms with Crippen molar-refractivity contribution in [3.63, 3.8) is 0 Å². The van der Waals surface area contributed by atoms with Gasteiger partial charge < -0.3 is 9.64 Å². The molecule has 2 heterocycles. The van der Waals surface area contributed by atoms with Gasteiger partial charge in [-0.25, -0.2) is 0 Å². The normalized spacial score (nSPS) is 33.8. The fourth-order valence-electron chi connectivity index (χ4n) is 3.06. The van der Waals surface area contributed by atoms with Gasteiger partial charge in [0, 0.05) is 19.0 Å². The molecule has 0 aromatic carbocycles. The first kappa shape index (κ1) is 11.4. The van der Waals surface area contributed by atoms with Crippen LogP contribution in [0, 0.1) is 5.41 Å². The molecule has 2 unspecified atom stereocenters. The van der Waals surface area contributed by atoms with Gasteiger partial charge in [0.15, 0.2) is 0 Å². The predicted molar refractivity (Wildman–Crippen MR) is 58.7 cm³/mol. The highest BCUT2D eigenvalue weighted by Crippen LogP contribution is 2.44. The SMILES string of the molecule is CCOC(=O)C12CCCN(C(=O)CC1)C2C. The molecular weight excluding hydrogens is 206 g/mol. The van der Waals surface area contributed by atoms with Crippen LogP contribution in [0.5, 0.6) is 0 Å². The van der Waals surface area contributed by atoms with Gasteiger partial charge in [0.05, 0.1) is 12.0 Å². The molecule has 2 aliphatic rings. The number of hydrogen-bond acceptors (Lipinski definition) is 3. The fourth-order valence-corrected chi connectivity index (χ4v) is 3.06. The summed E-state index contributed by atoms with van der Waals surface area (Å²) in [6.07, 6.45) is 2.91. The zero-order chi connectivity index (χ0) is 11.8. The van der Waals surface area contributed by atoms with Crippen LogP contribution in [-0.2, 0) is 14.3 Å². The third-order valence-electron chi connectivity index (χ3n) is 4.08. The number of hydrogen-bond donors (Lipinski definition) is 0. The van der Waals surface area contributed by atoms with Crippen molar-refractivity contribution in [1.29, 1.82) is 0 Å². The lowest BCUT2D eigenvalue weighted by Crippen LogP contribution is -2.60. The molecule has 0 N–H and O–H groups in total. The van der Waals surface area contributed by atoms with Gasteiger partial charge in [-0.05, 0) is 33.1 Å².